The molecule has 0 aromatic carbocycles. The van der Waals surface area contributed by atoms with Gasteiger partial charge in [0.05, 0.1) is 24.6 Å². The van der Waals surface area contributed by atoms with Crippen molar-refractivity contribution >= 4 is 40.8 Å². The fourth-order valence-electron chi connectivity index (χ4n) is 3.85. The second-order valence-corrected chi connectivity index (χ2v) is 15.0. The van der Waals surface area contributed by atoms with Gasteiger partial charge in [-0.1, -0.05) is 44.9 Å². The van der Waals surface area contributed by atoms with Gasteiger partial charge in [-0.25, -0.2) is 8.37 Å². The molecule has 17 heteroatoms. The van der Waals surface area contributed by atoms with Gasteiger partial charge in [0, 0.05) is 0 Å². The van der Waals surface area contributed by atoms with E-state index in [0.29, 0.717) is 25.7 Å². The Bertz CT molecular complexity index is 982. The molecule has 0 aromatic heterocycles. The Morgan fingerprint density at radius 2 is 0.972 bits per heavy atom. The second kappa shape index (κ2) is 14.7. The molecule has 0 aliphatic heterocycles. The molecular weight excluding hydrogens is 564 g/mol. The minimum absolute atomic E-state index is 0.0553. The predicted octanol–water partition coefficient (Wildman–Crippen LogP) is 2.05. The van der Waals surface area contributed by atoms with Crippen LogP contribution in [0.25, 0.3) is 0 Å². The highest BCUT2D eigenvalue weighted by Gasteiger charge is 2.26. The normalized spacial score (nSPS) is 19.4. The Kier molecular flexibility index (Phi) is 13.0. The smallest absolute Gasteiger partial charge is 0.265 e. The van der Waals surface area contributed by atoms with Crippen LogP contribution in [0.4, 0.5) is 0 Å². The van der Waals surface area contributed by atoms with Gasteiger partial charge in [-0.2, -0.15) is 33.7 Å². The van der Waals surface area contributed by atoms with Crippen molar-refractivity contribution in [2.45, 2.75) is 95.7 Å². The van der Waals surface area contributed by atoms with E-state index in [1.54, 1.807) is 0 Å². The van der Waals surface area contributed by atoms with Crippen molar-refractivity contribution in [2.24, 2.45) is 0 Å². The zero-order valence-corrected chi connectivity index (χ0v) is 23.4. The van der Waals surface area contributed by atoms with Crippen LogP contribution in [0.2, 0.25) is 0 Å². The zero-order chi connectivity index (χ0) is 26.7. The molecule has 0 amide bonds. The Balaban J connectivity index is 1.59. The summed E-state index contributed by atoms with van der Waals surface area (Å²) in [6.07, 6.45) is 7.17. The van der Waals surface area contributed by atoms with Crippen LogP contribution in [0.1, 0.15) is 83.5 Å². The first-order chi connectivity index (χ1) is 16.8. The molecule has 0 saturated heterocycles. The van der Waals surface area contributed by atoms with Crippen LogP contribution in [0.5, 0.6) is 0 Å². The van der Waals surface area contributed by atoms with Gasteiger partial charge in [0.25, 0.3) is 30.4 Å². The second-order valence-electron chi connectivity index (χ2n) is 8.85. The van der Waals surface area contributed by atoms with E-state index < -0.39 is 70.6 Å². The van der Waals surface area contributed by atoms with Gasteiger partial charge in [0.15, 0.2) is 11.9 Å². The lowest BCUT2D eigenvalue weighted by molar-refractivity contribution is 0.153. The van der Waals surface area contributed by atoms with E-state index in [2.05, 4.69) is 12.5 Å². The molecule has 0 aromatic rings. The van der Waals surface area contributed by atoms with Crippen LogP contribution in [0.3, 0.4) is 0 Å². The van der Waals surface area contributed by atoms with E-state index in [-0.39, 0.29) is 25.9 Å². The summed E-state index contributed by atoms with van der Waals surface area (Å²) in [5.74, 6) is -2.78. The SMILES string of the molecule is O=S(=O)(CCCCCOS(=O)(=O)OCS(=O)(=O)OC1CCCCC1)OCS(=O)(=O)OC1CCCCC1. The van der Waals surface area contributed by atoms with E-state index in [0.717, 1.165) is 38.5 Å². The number of rotatable bonds is 17. The van der Waals surface area contributed by atoms with Crippen molar-refractivity contribution in [1.29, 1.82) is 0 Å². The van der Waals surface area contributed by atoms with Crippen LogP contribution in [0.15, 0.2) is 0 Å². The minimum atomic E-state index is -4.59. The molecule has 2 aliphatic rings. The first-order valence-electron chi connectivity index (χ1n) is 12.0. The van der Waals surface area contributed by atoms with Crippen molar-refractivity contribution < 1.29 is 54.6 Å². The largest absolute Gasteiger partial charge is 0.400 e. The molecule has 2 fully saturated rings. The lowest BCUT2D eigenvalue weighted by Gasteiger charge is -2.21. The van der Waals surface area contributed by atoms with E-state index in [4.69, 9.17) is 8.37 Å². The molecule has 214 valence electrons. The van der Waals surface area contributed by atoms with Crippen molar-refractivity contribution in [3.8, 4) is 0 Å². The standard InChI is InChI=1S/C19H36O13S4/c20-33(21,29-16-34(22,23)31-18-10-4-1-5-11-18)15-9-3-8-14-28-36(26,27)30-17-35(24,25)32-19-12-6-2-7-13-19/h18-19H,1-17H2. The average molecular weight is 601 g/mol. The molecule has 0 unspecified atom stereocenters. The molecular formula is C19H36O13S4. The quantitative estimate of drug-likeness (QED) is 0.175. The lowest BCUT2D eigenvalue weighted by atomic mass is 9.98. The molecule has 0 N–H and O–H groups in total. The third-order valence-corrected chi connectivity index (χ3v) is 10.0. The molecule has 0 bridgehead atoms. The first kappa shape index (κ1) is 31.8. The summed E-state index contributed by atoms with van der Waals surface area (Å²) in [6, 6.07) is 0. The van der Waals surface area contributed by atoms with Gasteiger partial charge >= 0.3 is 10.4 Å². The highest BCUT2D eigenvalue weighted by Crippen LogP contribution is 2.23. The summed E-state index contributed by atoms with van der Waals surface area (Å²) < 4.78 is 118. The van der Waals surface area contributed by atoms with Crippen LogP contribution in [-0.4, -0.2) is 70.1 Å². The van der Waals surface area contributed by atoms with Gasteiger partial charge in [-0.15, -0.1) is 0 Å². The van der Waals surface area contributed by atoms with Crippen molar-refractivity contribution in [1.82, 2.24) is 0 Å². The third-order valence-electron chi connectivity index (χ3n) is 5.64. The predicted molar refractivity (Wildman–Crippen MR) is 128 cm³/mol. The van der Waals surface area contributed by atoms with Crippen molar-refractivity contribution in [3.05, 3.63) is 0 Å². The maximum absolute atomic E-state index is 11.9. The van der Waals surface area contributed by atoms with Gasteiger partial charge in [0.1, 0.15) is 0 Å². The maximum Gasteiger partial charge on any atom is 0.400 e. The van der Waals surface area contributed by atoms with Crippen LogP contribution in [-0.2, 0) is 61.7 Å². The van der Waals surface area contributed by atoms with Crippen LogP contribution >= 0.6 is 0 Å². The lowest BCUT2D eigenvalue weighted by Crippen LogP contribution is -2.25. The number of hydrogen-bond donors (Lipinski definition) is 0. The van der Waals surface area contributed by atoms with E-state index in [1.807, 2.05) is 0 Å². The minimum Gasteiger partial charge on any atom is -0.265 e. The van der Waals surface area contributed by atoms with Crippen molar-refractivity contribution in [3.63, 3.8) is 0 Å². The fourth-order valence-corrected chi connectivity index (χ4v) is 8.25. The molecule has 0 heterocycles. The van der Waals surface area contributed by atoms with Gasteiger partial charge in [-0.3, -0.25) is 12.5 Å². The number of unbranched alkanes of at least 4 members (excludes halogenated alkanes) is 2. The summed E-state index contributed by atoms with van der Waals surface area (Å²) in [4.78, 5) is 0. The van der Waals surface area contributed by atoms with Crippen LogP contribution in [0, 0.1) is 0 Å². The Labute approximate surface area is 214 Å². The monoisotopic (exact) mass is 600 g/mol. The molecule has 0 radical (unpaired) electrons. The summed E-state index contributed by atoms with van der Waals surface area (Å²) in [6.45, 7) is -0.365. The van der Waals surface area contributed by atoms with Gasteiger partial charge < -0.3 is 0 Å². The average Bonchev–Trinajstić information content (AvgIpc) is 2.80. The van der Waals surface area contributed by atoms with Gasteiger partial charge in [0.2, 0.25) is 0 Å². The molecule has 0 atom stereocenters. The van der Waals surface area contributed by atoms with E-state index >= 15 is 0 Å². The summed E-state index contributed by atoms with van der Waals surface area (Å²) >= 11 is 0. The highest BCUT2D eigenvalue weighted by molar-refractivity contribution is 7.89. The molecule has 2 saturated carbocycles. The molecule has 0 spiro atoms. The maximum atomic E-state index is 11.9. The summed E-state index contributed by atoms with van der Waals surface area (Å²) in [7, 11) is -17.1. The van der Waals surface area contributed by atoms with E-state index in [9.17, 15) is 33.7 Å². The fraction of sp³-hybridized carbons (Fsp3) is 1.00. The molecule has 13 nitrogen and oxygen atoms in total. The molecule has 36 heavy (non-hydrogen) atoms. The Hall–Kier alpha value is -0.400. The van der Waals surface area contributed by atoms with Crippen LogP contribution < -0.4 is 0 Å². The summed E-state index contributed by atoms with van der Waals surface area (Å²) in [5, 5.41) is 0. The highest BCUT2D eigenvalue weighted by atomic mass is 32.3. The molecule has 2 aliphatic carbocycles. The summed E-state index contributed by atoms with van der Waals surface area (Å²) in [5.41, 5.74) is 0. The van der Waals surface area contributed by atoms with E-state index in [1.165, 1.54) is 0 Å². The first-order valence-corrected chi connectivity index (χ1v) is 18.1. The van der Waals surface area contributed by atoms with Crippen molar-refractivity contribution in [2.75, 3.05) is 24.2 Å². The Morgan fingerprint density at radius 3 is 1.47 bits per heavy atom. The molecule has 2 rings (SSSR count). The number of hydrogen-bond acceptors (Lipinski definition) is 13. The Morgan fingerprint density at radius 1 is 0.500 bits per heavy atom. The topological polar surface area (TPSA) is 183 Å². The zero-order valence-electron chi connectivity index (χ0n) is 20.1. The van der Waals surface area contributed by atoms with Gasteiger partial charge in [-0.05, 0) is 38.5 Å². The third kappa shape index (κ3) is 13.9.